The van der Waals surface area contributed by atoms with E-state index < -0.39 is 0 Å². The van der Waals surface area contributed by atoms with Crippen LogP contribution in [0.5, 0.6) is 0 Å². The van der Waals surface area contributed by atoms with Crippen molar-refractivity contribution in [2.75, 3.05) is 17.3 Å². The van der Waals surface area contributed by atoms with E-state index in [0.717, 1.165) is 12.2 Å². The Morgan fingerprint density at radius 2 is 1.95 bits per heavy atom. The summed E-state index contributed by atoms with van der Waals surface area (Å²) < 4.78 is 5.33. The Labute approximate surface area is 115 Å². The normalized spacial score (nSPS) is 12.5. The molecule has 0 aromatic carbocycles. The summed E-state index contributed by atoms with van der Waals surface area (Å²) in [5.74, 6) is 7.95. The van der Waals surface area contributed by atoms with Gasteiger partial charge in [-0.1, -0.05) is 20.8 Å². The molecule has 4 N–H and O–H groups in total. The zero-order valence-corrected chi connectivity index (χ0v) is 12.2. The molecule has 1 atom stereocenters. The molecule has 108 valence electrons. The van der Waals surface area contributed by atoms with Gasteiger partial charge in [0.2, 0.25) is 0 Å². The van der Waals surface area contributed by atoms with Crippen molar-refractivity contribution in [3.63, 3.8) is 0 Å². The van der Waals surface area contributed by atoms with Crippen molar-refractivity contribution in [3.8, 4) is 0 Å². The van der Waals surface area contributed by atoms with Crippen LogP contribution >= 0.6 is 0 Å². The number of nitrogens with two attached hydrogens (primary N) is 1. The number of aromatic nitrogens is 2. The molecule has 1 rings (SSSR count). The Morgan fingerprint density at radius 3 is 2.47 bits per heavy atom. The minimum Gasteiger partial charge on any atom is -0.374 e. The van der Waals surface area contributed by atoms with Crippen molar-refractivity contribution in [3.05, 3.63) is 11.9 Å². The average Bonchev–Trinajstić information content (AvgIpc) is 2.41. The standard InChI is InChI=1S/C13H25N5O/c1-5-10(9(3)4)15-11-7-12(18-14)17-13(16-11)8-19-6-2/h7,9-10H,5-6,8,14H2,1-4H3,(H2,15,16,17,18). The summed E-state index contributed by atoms with van der Waals surface area (Å²) in [6.45, 7) is 9.49. The van der Waals surface area contributed by atoms with E-state index in [2.05, 4.69) is 41.5 Å². The maximum Gasteiger partial charge on any atom is 0.158 e. The second-order valence-electron chi connectivity index (χ2n) is 4.74. The first-order chi connectivity index (χ1) is 9.10. The minimum absolute atomic E-state index is 0.375. The first-order valence-corrected chi connectivity index (χ1v) is 6.79. The highest BCUT2D eigenvalue weighted by Crippen LogP contribution is 2.16. The van der Waals surface area contributed by atoms with E-state index in [1.807, 2.05) is 6.92 Å². The third kappa shape index (κ3) is 5.00. The van der Waals surface area contributed by atoms with Crippen molar-refractivity contribution in [1.29, 1.82) is 0 Å². The van der Waals surface area contributed by atoms with Crippen LogP contribution in [-0.2, 0) is 11.3 Å². The van der Waals surface area contributed by atoms with Gasteiger partial charge in [0.05, 0.1) is 0 Å². The average molecular weight is 267 g/mol. The van der Waals surface area contributed by atoms with E-state index in [9.17, 15) is 0 Å². The fraction of sp³-hybridized carbons (Fsp3) is 0.692. The van der Waals surface area contributed by atoms with E-state index >= 15 is 0 Å². The van der Waals surface area contributed by atoms with Crippen LogP contribution in [0.4, 0.5) is 11.6 Å². The lowest BCUT2D eigenvalue weighted by Crippen LogP contribution is -2.25. The second kappa shape index (κ2) is 7.91. The van der Waals surface area contributed by atoms with E-state index in [4.69, 9.17) is 10.6 Å². The summed E-state index contributed by atoms with van der Waals surface area (Å²) in [4.78, 5) is 8.70. The SMILES string of the molecule is CCOCc1nc(NN)cc(NC(CC)C(C)C)n1. The molecule has 0 amide bonds. The summed E-state index contributed by atoms with van der Waals surface area (Å²) in [5, 5.41) is 3.42. The van der Waals surface area contributed by atoms with Gasteiger partial charge in [-0.15, -0.1) is 0 Å². The third-order valence-corrected chi connectivity index (χ3v) is 2.93. The molecule has 0 aliphatic carbocycles. The second-order valence-corrected chi connectivity index (χ2v) is 4.74. The maximum atomic E-state index is 5.43. The van der Waals surface area contributed by atoms with Gasteiger partial charge in [0, 0.05) is 18.7 Å². The molecule has 1 heterocycles. The van der Waals surface area contributed by atoms with Crippen molar-refractivity contribution in [2.24, 2.45) is 11.8 Å². The predicted molar refractivity (Wildman–Crippen MR) is 77.7 cm³/mol. The number of nitrogens with zero attached hydrogens (tertiary/aromatic N) is 2. The highest BCUT2D eigenvalue weighted by atomic mass is 16.5. The molecule has 19 heavy (non-hydrogen) atoms. The van der Waals surface area contributed by atoms with E-state index in [1.165, 1.54) is 0 Å². The molecular formula is C13H25N5O. The summed E-state index contributed by atoms with van der Waals surface area (Å²) >= 11 is 0. The fourth-order valence-corrected chi connectivity index (χ4v) is 1.83. The summed E-state index contributed by atoms with van der Waals surface area (Å²) in [6, 6.07) is 2.18. The van der Waals surface area contributed by atoms with Crippen molar-refractivity contribution in [2.45, 2.75) is 46.8 Å². The number of anilines is 2. The quantitative estimate of drug-likeness (QED) is 0.494. The van der Waals surface area contributed by atoms with Crippen LogP contribution < -0.4 is 16.6 Å². The number of hydrogen-bond donors (Lipinski definition) is 3. The highest BCUT2D eigenvalue weighted by Gasteiger charge is 2.12. The Balaban J connectivity index is 2.86. The van der Waals surface area contributed by atoms with Gasteiger partial charge in [-0.2, -0.15) is 0 Å². The number of nitrogen functional groups attached to an aromatic ring is 1. The minimum atomic E-state index is 0.375. The first kappa shape index (κ1) is 15.7. The molecule has 0 spiro atoms. The number of rotatable bonds is 8. The van der Waals surface area contributed by atoms with Crippen molar-refractivity contribution >= 4 is 11.6 Å². The molecule has 0 aliphatic heterocycles. The number of hydrazine groups is 1. The van der Waals surface area contributed by atoms with Crippen LogP contribution in [0, 0.1) is 5.92 Å². The Kier molecular flexibility index (Phi) is 6.52. The number of nitrogens with one attached hydrogen (secondary N) is 2. The van der Waals surface area contributed by atoms with Gasteiger partial charge in [0.1, 0.15) is 18.2 Å². The highest BCUT2D eigenvalue weighted by molar-refractivity contribution is 5.47. The smallest absolute Gasteiger partial charge is 0.158 e. The van der Waals surface area contributed by atoms with Gasteiger partial charge in [0.25, 0.3) is 0 Å². The van der Waals surface area contributed by atoms with Gasteiger partial charge in [-0.05, 0) is 19.3 Å². The van der Waals surface area contributed by atoms with Crippen LogP contribution in [0.15, 0.2) is 6.07 Å². The molecular weight excluding hydrogens is 242 g/mol. The molecule has 0 fully saturated rings. The summed E-state index contributed by atoms with van der Waals surface area (Å²) in [6.07, 6.45) is 1.04. The van der Waals surface area contributed by atoms with Gasteiger partial charge < -0.3 is 15.5 Å². The molecule has 0 saturated heterocycles. The molecule has 0 bridgehead atoms. The molecule has 0 radical (unpaired) electrons. The number of ether oxygens (including phenoxy) is 1. The maximum absolute atomic E-state index is 5.43. The third-order valence-electron chi connectivity index (χ3n) is 2.93. The van der Waals surface area contributed by atoms with Crippen LogP contribution in [0.25, 0.3) is 0 Å². The van der Waals surface area contributed by atoms with Crippen LogP contribution in [-0.4, -0.2) is 22.6 Å². The topological polar surface area (TPSA) is 85.1 Å². The van der Waals surface area contributed by atoms with Crippen molar-refractivity contribution < 1.29 is 4.74 Å². The van der Waals surface area contributed by atoms with Crippen LogP contribution in [0.3, 0.4) is 0 Å². The van der Waals surface area contributed by atoms with E-state index in [0.29, 0.717) is 36.8 Å². The van der Waals surface area contributed by atoms with Crippen molar-refractivity contribution in [1.82, 2.24) is 9.97 Å². The lowest BCUT2D eigenvalue weighted by molar-refractivity contribution is 0.128. The summed E-state index contributed by atoms with van der Waals surface area (Å²) in [5.41, 5.74) is 2.56. The Bertz CT molecular complexity index is 383. The molecule has 1 aromatic rings. The largest absolute Gasteiger partial charge is 0.374 e. The van der Waals surface area contributed by atoms with Gasteiger partial charge in [-0.25, -0.2) is 15.8 Å². The molecule has 0 saturated carbocycles. The number of hydrogen-bond acceptors (Lipinski definition) is 6. The van der Waals surface area contributed by atoms with Gasteiger partial charge in [-0.3, -0.25) is 0 Å². The van der Waals surface area contributed by atoms with E-state index in [1.54, 1.807) is 6.07 Å². The monoisotopic (exact) mass is 267 g/mol. The molecule has 1 aromatic heterocycles. The van der Waals surface area contributed by atoms with E-state index in [-0.39, 0.29) is 0 Å². The molecule has 1 unspecified atom stereocenters. The Morgan fingerprint density at radius 1 is 1.26 bits per heavy atom. The fourth-order valence-electron chi connectivity index (χ4n) is 1.83. The Hall–Kier alpha value is -1.40. The van der Waals surface area contributed by atoms with Gasteiger partial charge in [0.15, 0.2) is 5.82 Å². The summed E-state index contributed by atoms with van der Waals surface area (Å²) in [7, 11) is 0. The predicted octanol–water partition coefficient (Wildman–Crippen LogP) is 2.15. The first-order valence-electron chi connectivity index (χ1n) is 6.79. The molecule has 6 heteroatoms. The zero-order chi connectivity index (χ0) is 14.3. The lowest BCUT2D eigenvalue weighted by Gasteiger charge is -2.21. The van der Waals surface area contributed by atoms with Crippen LogP contribution in [0.1, 0.15) is 39.9 Å². The van der Waals surface area contributed by atoms with Crippen LogP contribution in [0.2, 0.25) is 0 Å². The molecule has 6 nitrogen and oxygen atoms in total. The molecule has 0 aliphatic rings. The van der Waals surface area contributed by atoms with Gasteiger partial charge >= 0.3 is 0 Å². The lowest BCUT2D eigenvalue weighted by atomic mass is 10.0. The zero-order valence-electron chi connectivity index (χ0n) is 12.2.